The summed E-state index contributed by atoms with van der Waals surface area (Å²) in [6, 6.07) is 19.7. The van der Waals surface area contributed by atoms with E-state index in [4.69, 9.17) is 0 Å². The molecule has 0 spiro atoms. The summed E-state index contributed by atoms with van der Waals surface area (Å²) in [7, 11) is 0. The molecule has 0 radical (unpaired) electrons. The molecular weight excluding hydrogens is 408 g/mol. The van der Waals surface area contributed by atoms with Gasteiger partial charge in [0.05, 0.1) is 11.3 Å². The minimum Gasteiger partial charge on any atom is -0.350 e. The number of hydrogen-bond donors (Lipinski definition) is 1. The molecule has 4 heteroatoms. The molecule has 0 aromatic heterocycles. The second kappa shape index (κ2) is 8.70. The number of nitrogens with zero attached hydrogens (tertiary/aromatic N) is 1. The molecule has 0 atom stereocenters. The van der Waals surface area contributed by atoms with Crippen molar-refractivity contribution in [2.24, 2.45) is 0 Å². The predicted molar refractivity (Wildman–Crippen MR) is 135 cm³/mol. The molecule has 4 rings (SSSR count). The minimum atomic E-state index is -0.336. The van der Waals surface area contributed by atoms with Crippen molar-refractivity contribution in [1.82, 2.24) is 0 Å². The van der Waals surface area contributed by atoms with Gasteiger partial charge in [-0.15, -0.1) is 0 Å². The molecule has 168 valence electrons. The highest BCUT2D eigenvalue weighted by Crippen LogP contribution is 2.37. The van der Waals surface area contributed by atoms with Gasteiger partial charge in [0, 0.05) is 5.69 Å². The number of nitrogens with one attached hydrogen (secondary N) is 1. The van der Waals surface area contributed by atoms with Crippen molar-refractivity contribution in [2.75, 3.05) is 10.2 Å². The Balaban J connectivity index is 1.85. The SMILES string of the molecule is Cc1ccc(C2=C(Nc3ccc(C(C)C)cc3)C(=O)N(c3cccc(C)c3C)C2=O)c(C)c1. The maximum Gasteiger partial charge on any atom is 0.282 e. The summed E-state index contributed by atoms with van der Waals surface area (Å²) in [5.74, 6) is -0.225. The number of hydrogen-bond acceptors (Lipinski definition) is 3. The first kappa shape index (κ1) is 22.5. The first-order chi connectivity index (χ1) is 15.7. The molecule has 1 heterocycles. The highest BCUT2D eigenvalue weighted by Gasteiger charge is 2.41. The van der Waals surface area contributed by atoms with Crippen LogP contribution in [0.1, 0.15) is 53.1 Å². The fraction of sp³-hybridized carbons (Fsp3) is 0.241. The lowest BCUT2D eigenvalue weighted by molar-refractivity contribution is -0.120. The summed E-state index contributed by atoms with van der Waals surface area (Å²) < 4.78 is 0. The van der Waals surface area contributed by atoms with Gasteiger partial charge in [0.2, 0.25) is 0 Å². The first-order valence-electron chi connectivity index (χ1n) is 11.3. The molecule has 4 nitrogen and oxygen atoms in total. The standard InChI is InChI=1S/C29H30N2O2/c1-17(2)22-11-13-23(14-12-22)30-27-26(24-15-10-18(3)16-20(24)5)28(32)31(29(27)33)25-9-7-8-19(4)21(25)6/h7-17,30H,1-6H3. The van der Waals surface area contributed by atoms with Crippen molar-refractivity contribution < 1.29 is 9.59 Å². The molecule has 0 saturated carbocycles. The lowest BCUT2D eigenvalue weighted by Gasteiger charge is -2.19. The third-order valence-electron chi connectivity index (χ3n) is 6.40. The summed E-state index contributed by atoms with van der Waals surface area (Å²) >= 11 is 0. The normalized spacial score (nSPS) is 14.0. The van der Waals surface area contributed by atoms with Crippen molar-refractivity contribution >= 4 is 28.8 Å². The van der Waals surface area contributed by atoms with E-state index in [-0.39, 0.29) is 11.8 Å². The van der Waals surface area contributed by atoms with Crippen LogP contribution in [0.15, 0.2) is 66.4 Å². The van der Waals surface area contributed by atoms with E-state index in [2.05, 4.69) is 19.2 Å². The summed E-state index contributed by atoms with van der Waals surface area (Å²) in [4.78, 5) is 28.8. The van der Waals surface area contributed by atoms with Crippen LogP contribution in [-0.4, -0.2) is 11.8 Å². The van der Waals surface area contributed by atoms with Gasteiger partial charge in [-0.05, 0) is 79.6 Å². The van der Waals surface area contributed by atoms with Crippen LogP contribution < -0.4 is 10.2 Å². The second-order valence-corrected chi connectivity index (χ2v) is 9.13. The molecule has 3 aromatic rings. The fourth-order valence-electron chi connectivity index (χ4n) is 4.28. The van der Waals surface area contributed by atoms with Gasteiger partial charge in [-0.3, -0.25) is 9.59 Å². The monoisotopic (exact) mass is 438 g/mol. The molecule has 0 bridgehead atoms. The molecular formula is C29H30N2O2. The zero-order valence-electron chi connectivity index (χ0n) is 20.1. The van der Waals surface area contributed by atoms with Crippen molar-refractivity contribution in [2.45, 2.75) is 47.5 Å². The number of amides is 2. The Hall–Kier alpha value is -3.66. The average molecular weight is 439 g/mol. The van der Waals surface area contributed by atoms with Crippen molar-refractivity contribution in [3.63, 3.8) is 0 Å². The Morgan fingerprint density at radius 1 is 0.788 bits per heavy atom. The number of aryl methyl sites for hydroxylation is 3. The Morgan fingerprint density at radius 3 is 2.12 bits per heavy atom. The maximum absolute atomic E-state index is 13.8. The van der Waals surface area contributed by atoms with Gasteiger partial charge in [0.1, 0.15) is 5.70 Å². The number of carbonyl (C=O) groups is 2. The van der Waals surface area contributed by atoms with E-state index >= 15 is 0 Å². The van der Waals surface area contributed by atoms with E-state index in [1.807, 2.05) is 88.4 Å². The van der Waals surface area contributed by atoms with Gasteiger partial charge in [-0.1, -0.05) is 61.9 Å². The summed E-state index contributed by atoms with van der Waals surface area (Å²) in [5.41, 5.74) is 8.13. The van der Waals surface area contributed by atoms with E-state index in [1.165, 1.54) is 10.5 Å². The number of rotatable bonds is 5. The quantitative estimate of drug-likeness (QED) is 0.466. The molecule has 0 unspecified atom stereocenters. The number of benzene rings is 3. The zero-order chi connectivity index (χ0) is 23.9. The van der Waals surface area contributed by atoms with E-state index in [1.54, 1.807) is 0 Å². The first-order valence-corrected chi connectivity index (χ1v) is 11.3. The van der Waals surface area contributed by atoms with E-state index in [0.29, 0.717) is 22.9 Å². The average Bonchev–Trinajstić information content (AvgIpc) is 3.00. The smallest absolute Gasteiger partial charge is 0.282 e. The molecule has 1 aliphatic rings. The lowest BCUT2D eigenvalue weighted by Crippen LogP contribution is -2.33. The van der Waals surface area contributed by atoms with Gasteiger partial charge >= 0.3 is 0 Å². The Kier molecular flexibility index (Phi) is 5.94. The lowest BCUT2D eigenvalue weighted by atomic mass is 9.97. The molecule has 0 aliphatic carbocycles. The van der Waals surface area contributed by atoms with Crippen molar-refractivity contribution in [3.05, 3.63) is 99.7 Å². The van der Waals surface area contributed by atoms with Gasteiger partial charge in [0.15, 0.2) is 0 Å². The molecule has 1 N–H and O–H groups in total. The molecule has 0 saturated heterocycles. The summed E-state index contributed by atoms with van der Waals surface area (Å²) in [6.07, 6.45) is 0. The van der Waals surface area contributed by atoms with Crippen LogP contribution >= 0.6 is 0 Å². The summed E-state index contributed by atoms with van der Waals surface area (Å²) in [6.45, 7) is 12.2. The predicted octanol–water partition coefficient (Wildman–Crippen LogP) is 6.44. The van der Waals surface area contributed by atoms with E-state index in [0.717, 1.165) is 33.5 Å². The molecule has 0 fully saturated rings. The van der Waals surface area contributed by atoms with Crippen LogP contribution in [0.5, 0.6) is 0 Å². The van der Waals surface area contributed by atoms with Crippen molar-refractivity contribution in [1.29, 1.82) is 0 Å². The van der Waals surface area contributed by atoms with Gasteiger partial charge in [-0.2, -0.15) is 0 Å². The molecule has 33 heavy (non-hydrogen) atoms. The van der Waals surface area contributed by atoms with Gasteiger partial charge < -0.3 is 5.32 Å². The van der Waals surface area contributed by atoms with Crippen LogP contribution in [0.3, 0.4) is 0 Å². The van der Waals surface area contributed by atoms with Crippen LogP contribution in [-0.2, 0) is 9.59 Å². The highest BCUT2D eigenvalue weighted by molar-refractivity contribution is 6.46. The zero-order valence-corrected chi connectivity index (χ0v) is 20.1. The van der Waals surface area contributed by atoms with Crippen LogP contribution in [0.4, 0.5) is 11.4 Å². The number of anilines is 2. The van der Waals surface area contributed by atoms with Crippen LogP contribution in [0.2, 0.25) is 0 Å². The maximum atomic E-state index is 13.8. The van der Waals surface area contributed by atoms with Gasteiger partial charge in [-0.25, -0.2) is 4.90 Å². The molecule has 1 aliphatic heterocycles. The van der Waals surface area contributed by atoms with Crippen LogP contribution in [0.25, 0.3) is 5.57 Å². The third kappa shape index (κ3) is 4.09. The van der Waals surface area contributed by atoms with Gasteiger partial charge in [0.25, 0.3) is 11.8 Å². The van der Waals surface area contributed by atoms with E-state index in [9.17, 15) is 9.59 Å². The highest BCUT2D eigenvalue weighted by atomic mass is 16.2. The second-order valence-electron chi connectivity index (χ2n) is 9.13. The topological polar surface area (TPSA) is 49.4 Å². The fourth-order valence-corrected chi connectivity index (χ4v) is 4.28. The number of imide groups is 1. The van der Waals surface area contributed by atoms with E-state index < -0.39 is 0 Å². The minimum absolute atomic E-state index is 0.304. The van der Waals surface area contributed by atoms with Crippen molar-refractivity contribution in [3.8, 4) is 0 Å². The molecule has 3 aromatic carbocycles. The third-order valence-corrected chi connectivity index (χ3v) is 6.40. The Morgan fingerprint density at radius 2 is 1.48 bits per heavy atom. The Bertz CT molecular complexity index is 1280. The molecule has 2 amide bonds. The number of carbonyl (C=O) groups excluding carboxylic acids is 2. The largest absolute Gasteiger partial charge is 0.350 e. The Labute approximate surface area is 195 Å². The summed E-state index contributed by atoms with van der Waals surface area (Å²) in [5, 5.41) is 3.28. The van der Waals surface area contributed by atoms with Crippen LogP contribution in [0, 0.1) is 27.7 Å².